The van der Waals surface area contributed by atoms with E-state index >= 15 is 0 Å². The molecule has 4 aromatic heterocycles. The van der Waals surface area contributed by atoms with Crippen molar-refractivity contribution in [1.82, 2.24) is 39.5 Å². The average molecular weight is 454 g/mol. The van der Waals surface area contributed by atoms with Crippen molar-refractivity contribution in [3.63, 3.8) is 0 Å². The summed E-state index contributed by atoms with van der Waals surface area (Å²) in [6.45, 7) is 3.77. The first-order chi connectivity index (χ1) is 16.5. The van der Waals surface area contributed by atoms with E-state index in [0.717, 1.165) is 44.8 Å². The maximum atomic E-state index is 10.9. The molecule has 1 N–H and O–H groups in total. The van der Waals surface area contributed by atoms with Crippen LogP contribution >= 0.6 is 0 Å². The molecule has 1 saturated heterocycles. The van der Waals surface area contributed by atoms with Crippen LogP contribution in [0, 0.1) is 12.8 Å². The van der Waals surface area contributed by atoms with Gasteiger partial charge < -0.3 is 10.0 Å². The molecule has 1 fully saturated rings. The van der Waals surface area contributed by atoms with Gasteiger partial charge in [0.15, 0.2) is 11.5 Å². The number of hydrogen-bond donors (Lipinski definition) is 1. The summed E-state index contributed by atoms with van der Waals surface area (Å²) in [5.41, 5.74) is 5.65. The van der Waals surface area contributed by atoms with E-state index in [-0.39, 0.29) is 0 Å². The van der Waals surface area contributed by atoms with Crippen molar-refractivity contribution in [2.45, 2.75) is 19.9 Å². The number of carboxylic acid groups (broad SMARTS) is 1. The number of nitrogens with zero attached hydrogens (tertiary/aromatic N) is 8. The Labute approximate surface area is 194 Å². The fraction of sp³-hybridized carbons (Fsp3) is 0.250. The maximum absolute atomic E-state index is 10.9. The molecule has 1 aliphatic rings. The Morgan fingerprint density at radius 1 is 1.09 bits per heavy atom. The molecule has 0 unspecified atom stereocenters. The van der Waals surface area contributed by atoms with Gasteiger partial charge in [0.25, 0.3) is 0 Å². The number of benzene rings is 1. The highest BCUT2D eigenvalue weighted by Gasteiger charge is 2.30. The molecule has 10 heteroatoms. The van der Waals surface area contributed by atoms with Gasteiger partial charge in [-0.05, 0) is 42.8 Å². The summed E-state index contributed by atoms with van der Waals surface area (Å²) in [5.74, 6) is 1.09. The Morgan fingerprint density at radius 2 is 1.97 bits per heavy atom. The highest BCUT2D eigenvalue weighted by molar-refractivity contribution is 5.84. The Balaban J connectivity index is 1.22. The molecule has 1 aromatic carbocycles. The zero-order chi connectivity index (χ0) is 23.2. The van der Waals surface area contributed by atoms with Gasteiger partial charge in [-0.25, -0.2) is 4.79 Å². The van der Waals surface area contributed by atoms with Gasteiger partial charge in [0, 0.05) is 60.9 Å². The topological polar surface area (TPSA) is 114 Å². The molecule has 1 amide bonds. The van der Waals surface area contributed by atoms with Gasteiger partial charge >= 0.3 is 6.09 Å². The number of fused-ring (bicyclic) bond motifs is 2. The van der Waals surface area contributed by atoms with Gasteiger partial charge in [0.1, 0.15) is 0 Å². The van der Waals surface area contributed by atoms with Crippen LogP contribution < -0.4 is 0 Å². The first kappa shape index (κ1) is 20.3. The Morgan fingerprint density at radius 3 is 2.82 bits per heavy atom. The van der Waals surface area contributed by atoms with Crippen molar-refractivity contribution in [2.75, 3.05) is 13.1 Å². The van der Waals surface area contributed by atoms with E-state index in [1.807, 2.05) is 48.4 Å². The number of aromatic nitrogens is 7. The summed E-state index contributed by atoms with van der Waals surface area (Å²) in [6, 6.07) is 12.2. The van der Waals surface area contributed by atoms with Crippen molar-refractivity contribution < 1.29 is 9.90 Å². The van der Waals surface area contributed by atoms with Crippen molar-refractivity contribution in [2.24, 2.45) is 5.92 Å². The van der Waals surface area contributed by atoms with Crippen LogP contribution in [0.3, 0.4) is 0 Å². The van der Waals surface area contributed by atoms with Crippen LogP contribution in [-0.4, -0.2) is 63.8 Å². The molecular formula is C24H22N8O2. The van der Waals surface area contributed by atoms with Crippen LogP contribution in [-0.2, 0) is 13.0 Å². The molecule has 0 aliphatic carbocycles. The number of amides is 1. The zero-order valence-corrected chi connectivity index (χ0v) is 18.5. The van der Waals surface area contributed by atoms with Crippen LogP contribution in [0.1, 0.15) is 17.1 Å². The van der Waals surface area contributed by atoms with Gasteiger partial charge in [-0.2, -0.15) is 14.7 Å². The summed E-state index contributed by atoms with van der Waals surface area (Å²) in [6.07, 6.45) is 5.44. The van der Waals surface area contributed by atoms with Gasteiger partial charge in [-0.3, -0.25) is 9.67 Å². The third-order valence-corrected chi connectivity index (χ3v) is 6.21. The van der Waals surface area contributed by atoms with E-state index in [9.17, 15) is 4.79 Å². The lowest BCUT2D eigenvalue weighted by atomic mass is 10.0. The smallest absolute Gasteiger partial charge is 0.407 e. The van der Waals surface area contributed by atoms with Gasteiger partial charge in [0.05, 0.1) is 17.4 Å². The Hall–Kier alpha value is -4.34. The lowest BCUT2D eigenvalue weighted by molar-refractivity contribution is 0.0732. The minimum atomic E-state index is -0.859. The van der Waals surface area contributed by atoms with E-state index in [2.05, 4.69) is 43.6 Å². The maximum Gasteiger partial charge on any atom is 0.407 e. The quantitative estimate of drug-likeness (QED) is 0.434. The van der Waals surface area contributed by atoms with E-state index in [0.29, 0.717) is 32.0 Å². The van der Waals surface area contributed by atoms with E-state index < -0.39 is 6.09 Å². The molecule has 6 rings (SSSR count). The Kier molecular flexibility index (Phi) is 4.72. The molecule has 0 spiro atoms. The predicted molar refractivity (Wildman–Crippen MR) is 124 cm³/mol. The first-order valence-corrected chi connectivity index (χ1v) is 11.1. The number of pyridine rings is 1. The van der Waals surface area contributed by atoms with E-state index in [1.54, 1.807) is 4.52 Å². The number of rotatable bonds is 5. The standard InChI is InChI=1S/C24H22N8O2/c1-15-2-5-22-27-28-23(32(22)29-15)7-16-3-4-21-18(6-16)8-19(9-25-21)20-10-26-31(14-20)13-17-11-30(12-17)24(33)34/h2-6,8-10,14,17H,7,11-13H2,1H3,(H,33,34). The normalized spacial score (nSPS) is 14.1. The number of aryl methyl sites for hydroxylation is 1. The monoisotopic (exact) mass is 454 g/mol. The first-order valence-electron chi connectivity index (χ1n) is 11.1. The summed E-state index contributed by atoms with van der Waals surface area (Å²) in [7, 11) is 0. The lowest BCUT2D eigenvalue weighted by Crippen LogP contribution is -2.50. The van der Waals surface area contributed by atoms with Crippen LogP contribution in [0.4, 0.5) is 4.79 Å². The van der Waals surface area contributed by atoms with Gasteiger partial charge in [0.2, 0.25) is 0 Å². The molecule has 10 nitrogen and oxygen atoms in total. The Bertz CT molecular complexity index is 1530. The molecule has 0 bridgehead atoms. The molecule has 34 heavy (non-hydrogen) atoms. The third-order valence-electron chi connectivity index (χ3n) is 6.21. The second-order valence-corrected chi connectivity index (χ2v) is 8.79. The molecule has 170 valence electrons. The summed E-state index contributed by atoms with van der Waals surface area (Å²) in [5, 5.41) is 27.6. The summed E-state index contributed by atoms with van der Waals surface area (Å²) < 4.78 is 3.67. The lowest BCUT2D eigenvalue weighted by Gasteiger charge is -2.36. The fourth-order valence-corrected chi connectivity index (χ4v) is 4.39. The fourth-order valence-electron chi connectivity index (χ4n) is 4.39. The van der Waals surface area contributed by atoms with Crippen molar-refractivity contribution in [1.29, 1.82) is 0 Å². The zero-order valence-electron chi connectivity index (χ0n) is 18.5. The van der Waals surface area contributed by atoms with Crippen molar-refractivity contribution >= 4 is 22.6 Å². The van der Waals surface area contributed by atoms with Gasteiger partial charge in [-0.15, -0.1) is 10.2 Å². The molecule has 5 aromatic rings. The number of likely N-dealkylation sites (tertiary alicyclic amines) is 1. The number of hydrogen-bond acceptors (Lipinski definition) is 6. The minimum Gasteiger partial charge on any atom is -0.465 e. The van der Waals surface area contributed by atoms with Crippen LogP contribution in [0.2, 0.25) is 0 Å². The summed E-state index contributed by atoms with van der Waals surface area (Å²) >= 11 is 0. The highest BCUT2D eigenvalue weighted by Crippen LogP contribution is 2.25. The predicted octanol–water partition coefficient (Wildman–Crippen LogP) is 3.05. The largest absolute Gasteiger partial charge is 0.465 e. The van der Waals surface area contributed by atoms with Crippen LogP contribution in [0.5, 0.6) is 0 Å². The van der Waals surface area contributed by atoms with Crippen molar-refractivity contribution in [3.05, 3.63) is 72.1 Å². The molecule has 0 radical (unpaired) electrons. The van der Waals surface area contributed by atoms with Crippen LogP contribution in [0.25, 0.3) is 27.7 Å². The molecule has 0 saturated carbocycles. The summed E-state index contributed by atoms with van der Waals surface area (Å²) in [4.78, 5) is 17.0. The SMILES string of the molecule is Cc1ccc2nnc(Cc3ccc4ncc(-c5cnn(CC6CN(C(=O)O)C6)c5)cc4c3)n2n1. The molecule has 5 heterocycles. The second-order valence-electron chi connectivity index (χ2n) is 8.79. The van der Waals surface area contributed by atoms with Crippen molar-refractivity contribution in [3.8, 4) is 11.1 Å². The molecule has 0 atom stereocenters. The van der Waals surface area contributed by atoms with Gasteiger partial charge in [-0.1, -0.05) is 6.07 Å². The molecular weight excluding hydrogens is 432 g/mol. The highest BCUT2D eigenvalue weighted by atomic mass is 16.4. The minimum absolute atomic E-state index is 0.299. The average Bonchev–Trinajstić information content (AvgIpc) is 3.42. The van der Waals surface area contributed by atoms with E-state index in [1.165, 1.54) is 4.90 Å². The van der Waals surface area contributed by atoms with E-state index in [4.69, 9.17) is 5.11 Å². The second kappa shape index (κ2) is 7.91. The molecule has 1 aliphatic heterocycles. The van der Waals surface area contributed by atoms with Crippen LogP contribution in [0.15, 0.2) is 55.0 Å². The third kappa shape index (κ3) is 3.72. The number of carbonyl (C=O) groups is 1.